The molecule has 0 fully saturated rings. The molecule has 7 nitrogen and oxygen atoms in total. The van der Waals surface area contributed by atoms with Crippen molar-refractivity contribution in [3.05, 3.63) is 74.1 Å². The Hall–Kier alpha value is -3.35. The number of fused-ring (bicyclic) bond motifs is 1. The quantitative estimate of drug-likeness (QED) is 0.708. The molecule has 0 saturated heterocycles. The van der Waals surface area contributed by atoms with Crippen LogP contribution in [0, 0.1) is 6.92 Å². The molecule has 3 rings (SSSR count). The number of benzene rings is 1. The molecule has 0 unspecified atom stereocenters. The van der Waals surface area contributed by atoms with Gasteiger partial charge in [-0.2, -0.15) is 0 Å². The topological polar surface area (TPSA) is 98.7 Å². The van der Waals surface area contributed by atoms with Crippen molar-refractivity contribution in [2.45, 2.75) is 19.3 Å². The highest BCUT2D eigenvalue weighted by Crippen LogP contribution is 2.32. The minimum atomic E-state index is -1.00. The molecule has 0 bridgehead atoms. The molecule has 0 aliphatic carbocycles. The van der Waals surface area contributed by atoms with Crippen molar-refractivity contribution >= 4 is 16.9 Å². The Bertz CT molecular complexity index is 1140. The maximum Gasteiger partial charge on any atom is 0.343 e. The summed E-state index contributed by atoms with van der Waals surface area (Å²) in [5, 5.41) is 11.1. The van der Waals surface area contributed by atoms with E-state index < -0.39 is 17.5 Å². The Morgan fingerprint density at radius 3 is 2.63 bits per heavy atom. The highest BCUT2D eigenvalue weighted by atomic mass is 16.5. The van der Waals surface area contributed by atoms with E-state index in [1.54, 1.807) is 19.2 Å². The van der Waals surface area contributed by atoms with Crippen molar-refractivity contribution in [3.63, 3.8) is 0 Å². The highest BCUT2D eigenvalue weighted by molar-refractivity contribution is 5.80. The van der Waals surface area contributed by atoms with Crippen molar-refractivity contribution in [1.29, 1.82) is 0 Å². The first kappa shape index (κ1) is 18.4. The number of aryl methyl sites for hydroxylation is 2. The van der Waals surface area contributed by atoms with Gasteiger partial charge in [-0.05, 0) is 24.4 Å². The SMILES string of the molecule is COC(=O)C[C@H](c1c(O)cc(C)oc1=O)c1cc2ccccc2n(C)c1=O. The van der Waals surface area contributed by atoms with E-state index in [9.17, 15) is 19.5 Å². The summed E-state index contributed by atoms with van der Waals surface area (Å²) in [7, 11) is 2.83. The lowest BCUT2D eigenvalue weighted by molar-refractivity contribution is -0.140. The first-order chi connectivity index (χ1) is 12.8. The van der Waals surface area contributed by atoms with Crippen LogP contribution in [0.4, 0.5) is 0 Å². The van der Waals surface area contributed by atoms with Crippen LogP contribution in [0.5, 0.6) is 5.75 Å². The molecular formula is C20H19NO6. The summed E-state index contributed by atoms with van der Waals surface area (Å²) in [6.07, 6.45) is -0.286. The number of aromatic hydroxyl groups is 1. The van der Waals surface area contributed by atoms with Gasteiger partial charge < -0.3 is 18.8 Å². The van der Waals surface area contributed by atoms with Crippen LogP contribution in [0.25, 0.3) is 10.9 Å². The molecule has 0 amide bonds. The molecule has 0 radical (unpaired) electrons. The van der Waals surface area contributed by atoms with Crippen molar-refractivity contribution in [3.8, 4) is 5.75 Å². The zero-order chi connectivity index (χ0) is 19.7. The summed E-state index contributed by atoms with van der Waals surface area (Å²) in [5.41, 5.74) is -0.395. The normalized spacial score (nSPS) is 12.1. The predicted octanol–water partition coefficient (Wildman–Crippen LogP) is 2.20. The molecule has 7 heteroatoms. The van der Waals surface area contributed by atoms with Gasteiger partial charge >= 0.3 is 11.6 Å². The van der Waals surface area contributed by atoms with Gasteiger partial charge in [-0.15, -0.1) is 0 Å². The number of para-hydroxylation sites is 1. The number of pyridine rings is 1. The lowest BCUT2D eigenvalue weighted by Gasteiger charge is -2.18. The summed E-state index contributed by atoms with van der Waals surface area (Å²) in [6, 6.07) is 10.2. The fraction of sp³-hybridized carbons (Fsp3) is 0.250. The van der Waals surface area contributed by atoms with Crippen LogP contribution in [-0.2, 0) is 16.6 Å². The van der Waals surface area contributed by atoms with Crippen LogP contribution in [0.1, 0.15) is 29.2 Å². The molecule has 2 heterocycles. The van der Waals surface area contributed by atoms with E-state index in [2.05, 4.69) is 0 Å². The van der Waals surface area contributed by atoms with E-state index in [4.69, 9.17) is 9.15 Å². The molecule has 1 N–H and O–H groups in total. The van der Waals surface area contributed by atoms with Crippen LogP contribution in [0.2, 0.25) is 0 Å². The summed E-state index contributed by atoms with van der Waals surface area (Å²) in [6.45, 7) is 1.52. The number of nitrogens with zero attached hydrogens (tertiary/aromatic N) is 1. The first-order valence-electron chi connectivity index (χ1n) is 8.32. The van der Waals surface area contributed by atoms with E-state index in [0.29, 0.717) is 5.52 Å². The van der Waals surface area contributed by atoms with Gasteiger partial charge in [-0.3, -0.25) is 9.59 Å². The Kier molecular flexibility index (Phi) is 4.85. The van der Waals surface area contributed by atoms with Gasteiger partial charge in [0.1, 0.15) is 11.5 Å². The number of carbonyl (C=O) groups excluding carboxylic acids is 1. The lowest BCUT2D eigenvalue weighted by atomic mass is 9.88. The van der Waals surface area contributed by atoms with E-state index in [1.165, 1.54) is 24.7 Å². The monoisotopic (exact) mass is 369 g/mol. The van der Waals surface area contributed by atoms with E-state index in [-0.39, 0.29) is 34.6 Å². The molecule has 0 saturated carbocycles. The fourth-order valence-electron chi connectivity index (χ4n) is 3.24. The van der Waals surface area contributed by atoms with E-state index in [1.807, 2.05) is 18.2 Å². The van der Waals surface area contributed by atoms with E-state index in [0.717, 1.165) is 5.39 Å². The largest absolute Gasteiger partial charge is 0.507 e. The van der Waals surface area contributed by atoms with Crippen LogP contribution in [-0.4, -0.2) is 22.8 Å². The molecule has 140 valence electrons. The molecule has 1 atom stereocenters. The maximum absolute atomic E-state index is 13.0. The van der Waals surface area contributed by atoms with E-state index >= 15 is 0 Å². The molecule has 27 heavy (non-hydrogen) atoms. The molecular weight excluding hydrogens is 350 g/mol. The van der Waals surface area contributed by atoms with Crippen LogP contribution >= 0.6 is 0 Å². The number of hydrogen-bond acceptors (Lipinski definition) is 6. The number of aromatic nitrogens is 1. The molecule has 1 aromatic carbocycles. The summed E-state index contributed by atoms with van der Waals surface area (Å²) in [4.78, 5) is 37.3. The third-order valence-corrected chi connectivity index (χ3v) is 4.57. The number of carbonyl (C=O) groups is 1. The van der Waals surface area contributed by atoms with Gasteiger partial charge in [-0.1, -0.05) is 18.2 Å². The van der Waals surface area contributed by atoms with Gasteiger partial charge in [0.05, 0.1) is 24.6 Å². The summed E-state index contributed by atoms with van der Waals surface area (Å²) >= 11 is 0. The zero-order valence-electron chi connectivity index (χ0n) is 15.2. The predicted molar refractivity (Wildman–Crippen MR) is 99.0 cm³/mol. The Morgan fingerprint density at radius 1 is 1.26 bits per heavy atom. The molecule has 0 aliphatic rings. The first-order valence-corrected chi connectivity index (χ1v) is 8.32. The minimum absolute atomic E-state index is 0.140. The third kappa shape index (κ3) is 3.36. The second-order valence-corrected chi connectivity index (χ2v) is 6.30. The smallest absolute Gasteiger partial charge is 0.343 e. The Labute approximate surface area is 154 Å². The van der Waals surface area contributed by atoms with Crippen LogP contribution < -0.4 is 11.2 Å². The number of esters is 1. The number of methoxy groups -OCH3 is 1. The number of rotatable bonds is 4. The van der Waals surface area contributed by atoms with Crippen LogP contribution in [0.15, 0.2) is 50.4 Å². The third-order valence-electron chi connectivity index (χ3n) is 4.57. The summed E-state index contributed by atoms with van der Waals surface area (Å²) < 4.78 is 11.3. The highest BCUT2D eigenvalue weighted by Gasteiger charge is 2.29. The van der Waals surface area contributed by atoms with Crippen molar-refractivity contribution in [2.75, 3.05) is 7.11 Å². The number of hydrogen-bond donors (Lipinski definition) is 1. The zero-order valence-corrected chi connectivity index (χ0v) is 15.2. The molecule has 2 aromatic heterocycles. The molecule has 3 aromatic rings. The molecule has 0 aliphatic heterocycles. The van der Waals surface area contributed by atoms with Crippen LogP contribution in [0.3, 0.4) is 0 Å². The van der Waals surface area contributed by atoms with Crippen molar-refractivity contribution < 1.29 is 19.1 Å². The van der Waals surface area contributed by atoms with Gasteiger partial charge in [0.15, 0.2) is 0 Å². The average molecular weight is 369 g/mol. The van der Waals surface area contributed by atoms with Gasteiger partial charge in [0.25, 0.3) is 5.56 Å². The van der Waals surface area contributed by atoms with Gasteiger partial charge in [0, 0.05) is 24.6 Å². The second kappa shape index (κ2) is 7.11. The maximum atomic E-state index is 13.0. The Balaban J connectivity index is 2.32. The standard InChI is InChI=1S/C20H19NO6/c1-11-8-16(22)18(20(25)27-11)13(10-17(23)26-3)14-9-12-6-4-5-7-15(12)21(2)19(14)24/h4-9,13,22H,10H2,1-3H3/t13-/m0/s1. The van der Waals surface area contributed by atoms with Crippen molar-refractivity contribution in [2.24, 2.45) is 7.05 Å². The Morgan fingerprint density at radius 2 is 1.96 bits per heavy atom. The average Bonchev–Trinajstić information content (AvgIpc) is 2.63. The van der Waals surface area contributed by atoms with Crippen molar-refractivity contribution in [1.82, 2.24) is 4.57 Å². The minimum Gasteiger partial charge on any atom is -0.507 e. The fourth-order valence-corrected chi connectivity index (χ4v) is 3.24. The molecule has 0 spiro atoms. The number of ether oxygens (including phenoxy) is 1. The summed E-state index contributed by atoms with van der Waals surface area (Å²) in [5.74, 6) is -1.72. The van der Waals surface area contributed by atoms with Gasteiger partial charge in [-0.25, -0.2) is 4.79 Å². The van der Waals surface area contributed by atoms with Gasteiger partial charge in [0.2, 0.25) is 0 Å². The second-order valence-electron chi connectivity index (χ2n) is 6.30. The lowest BCUT2D eigenvalue weighted by Crippen LogP contribution is -2.27.